The molecule has 0 bridgehead atoms. The van der Waals surface area contributed by atoms with E-state index in [0.717, 1.165) is 50.1 Å². The average Bonchev–Trinajstić information content (AvgIpc) is 3.62. The Morgan fingerprint density at radius 2 is 1.43 bits per heavy atom. The van der Waals surface area contributed by atoms with E-state index >= 15 is 0 Å². The maximum Gasteiger partial charge on any atom is 0.149 e. The Hall–Kier alpha value is -6.26. The number of nitrogens with zero attached hydrogens (tertiary/aromatic N) is 3. The maximum absolute atomic E-state index is 11.3. The number of fused-ring (bicyclic) bond motifs is 1. The van der Waals surface area contributed by atoms with Crippen LogP contribution >= 0.6 is 0 Å². The summed E-state index contributed by atoms with van der Waals surface area (Å²) in [6.07, 6.45) is 1.55. The van der Waals surface area contributed by atoms with Crippen molar-refractivity contribution in [2.24, 2.45) is 0 Å². The van der Waals surface area contributed by atoms with E-state index in [1.165, 1.54) is 0 Å². The highest BCUT2D eigenvalue weighted by atomic mass is 16.3. The number of hydrogen-bond donors (Lipinski definition) is 1. The van der Waals surface area contributed by atoms with Crippen LogP contribution in [0.5, 0.6) is 5.75 Å². The van der Waals surface area contributed by atoms with Gasteiger partial charge in [0.05, 0.1) is 27.8 Å². The van der Waals surface area contributed by atoms with Gasteiger partial charge in [0, 0.05) is 28.5 Å². The molecule has 0 unspecified atom stereocenters. The molecule has 54 heavy (non-hydrogen) atoms. The Kier molecular flexibility index (Phi) is 6.84. The lowest BCUT2D eigenvalue weighted by atomic mass is 9.83. The van der Waals surface area contributed by atoms with Gasteiger partial charge in [-0.1, -0.05) is 131 Å². The molecule has 4 nitrogen and oxygen atoms in total. The van der Waals surface area contributed by atoms with Crippen molar-refractivity contribution in [2.75, 3.05) is 0 Å². The molecule has 0 atom stereocenters. The lowest BCUT2D eigenvalue weighted by Crippen LogP contribution is -2.11. The summed E-state index contributed by atoms with van der Waals surface area (Å²) in [6, 6.07) is 36.7. The SMILES string of the molecule is [2H]c1c([2H])c(C([2H])([2H])[2H])c([2H])c([2H])c1-c1ccnc(-c2cc(-c3cccc4c3nc(-c3ccccc3O)n4-c3ccc(-c4ccccc4)c(C([2H])(C)C)c3)cc(C(C)(C)C)c2)c1. The Morgan fingerprint density at radius 3 is 2.17 bits per heavy atom. The van der Waals surface area contributed by atoms with Crippen LogP contribution in [0, 0.1) is 6.85 Å². The molecular weight excluding hydrogens is 659 g/mol. The molecule has 2 aromatic heterocycles. The van der Waals surface area contributed by atoms with Crippen LogP contribution in [0.2, 0.25) is 0 Å². The van der Waals surface area contributed by atoms with Crippen molar-refractivity contribution in [2.45, 2.75) is 52.8 Å². The molecular formula is C50H45N3O. The monoisotopic (exact) mass is 711 g/mol. The summed E-state index contributed by atoms with van der Waals surface area (Å²) in [5.74, 6) is -0.353. The second-order valence-electron chi connectivity index (χ2n) is 14.8. The van der Waals surface area contributed by atoms with Gasteiger partial charge in [-0.3, -0.25) is 9.55 Å². The number of phenolic OH excluding ortho intramolecular Hbond substituents is 1. The summed E-state index contributed by atoms with van der Waals surface area (Å²) in [7, 11) is 0. The third-order valence-electron chi connectivity index (χ3n) is 9.79. The molecule has 6 aromatic carbocycles. The first-order chi connectivity index (χ1) is 29.2. The summed E-state index contributed by atoms with van der Waals surface area (Å²) in [4.78, 5) is 10.0. The molecule has 2 heterocycles. The molecule has 8 rings (SSSR count). The first-order valence-electron chi connectivity index (χ1n) is 22.0. The fourth-order valence-electron chi connectivity index (χ4n) is 6.96. The van der Waals surface area contributed by atoms with Crippen molar-refractivity contribution >= 4 is 11.0 Å². The van der Waals surface area contributed by atoms with Crippen LogP contribution in [0.15, 0.2) is 152 Å². The van der Waals surface area contributed by atoms with Crippen molar-refractivity contribution in [1.82, 2.24) is 14.5 Å². The van der Waals surface area contributed by atoms with Crippen LogP contribution in [0.3, 0.4) is 0 Å². The number of rotatable bonds is 7. The van der Waals surface area contributed by atoms with E-state index in [1.807, 2.05) is 109 Å². The highest BCUT2D eigenvalue weighted by Gasteiger charge is 2.23. The van der Waals surface area contributed by atoms with Gasteiger partial charge in [-0.05, 0) is 112 Å². The smallest absolute Gasteiger partial charge is 0.149 e. The molecule has 0 fully saturated rings. The van der Waals surface area contributed by atoms with Crippen molar-refractivity contribution in [3.63, 3.8) is 0 Å². The minimum Gasteiger partial charge on any atom is -0.507 e. The molecule has 0 spiro atoms. The van der Waals surface area contributed by atoms with Crippen LogP contribution < -0.4 is 0 Å². The average molecular weight is 712 g/mol. The fraction of sp³-hybridized carbons (Fsp3) is 0.160. The second-order valence-corrected chi connectivity index (χ2v) is 14.8. The number of phenols is 1. The van der Waals surface area contributed by atoms with Crippen molar-refractivity contribution in [3.8, 4) is 67.5 Å². The lowest BCUT2D eigenvalue weighted by molar-refractivity contribution is 0.477. The van der Waals surface area contributed by atoms with Gasteiger partial charge in [0.25, 0.3) is 0 Å². The Bertz CT molecular complexity index is 3000. The molecule has 0 saturated carbocycles. The number of aromatic hydroxyl groups is 1. The molecule has 0 radical (unpaired) electrons. The van der Waals surface area contributed by atoms with Crippen molar-refractivity contribution in [1.29, 1.82) is 0 Å². The fourth-order valence-corrected chi connectivity index (χ4v) is 6.96. The predicted octanol–water partition coefficient (Wildman–Crippen LogP) is 13.2. The second kappa shape index (κ2) is 13.9. The molecule has 266 valence electrons. The number of benzene rings is 6. The van der Waals surface area contributed by atoms with Gasteiger partial charge < -0.3 is 5.11 Å². The van der Waals surface area contributed by atoms with E-state index in [9.17, 15) is 6.48 Å². The Morgan fingerprint density at radius 1 is 0.685 bits per heavy atom. The minimum atomic E-state index is -2.82. The standard InChI is InChI=1S/C50H45N3O/c1-32(2)44-31-40(23-24-41(44)35-13-8-7-9-14-35)53-46-17-12-16-42(48(46)52-49(53)43-15-10-11-18-47(43)54)37-27-38(29-39(28-37)50(4,5)6)45-30-36(25-26-51-45)34-21-19-33(3)20-22-34/h7-32,54H,1-6H3/i3D3,19D,20D,21D,22D,32D. The summed E-state index contributed by atoms with van der Waals surface area (Å²) in [5.41, 5.74) is 8.95. The third-order valence-corrected chi connectivity index (χ3v) is 9.79. The first kappa shape index (κ1) is 26.5. The zero-order valence-electron chi connectivity index (χ0n) is 38.9. The topological polar surface area (TPSA) is 50.9 Å². The third kappa shape index (κ3) is 6.60. The van der Waals surface area contributed by atoms with Crippen LogP contribution in [0.4, 0.5) is 0 Å². The molecule has 0 aliphatic rings. The van der Waals surface area contributed by atoms with Crippen molar-refractivity contribution in [3.05, 3.63) is 168 Å². The summed E-state index contributed by atoms with van der Waals surface area (Å²) in [6.45, 7) is 7.29. The van der Waals surface area contributed by atoms with Gasteiger partial charge in [0.15, 0.2) is 0 Å². The number of aromatic nitrogens is 3. The lowest BCUT2D eigenvalue weighted by Gasteiger charge is -2.22. The van der Waals surface area contributed by atoms with Crippen LogP contribution in [-0.2, 0) is 5.41 Å². The van der Waals surface area contributed by atoms with E-state index in [-0.39, 0.29) is 16.7 Å². The van der Waals surface area contributed by atoms with Gasteiger partial charge >= 0.3 is 0 Å². The van der Waals surface area contributed by atoms with Crippen LogP contribution in [-0.4, -0.2) is 19.6 Å². The van der Waals surface area contributed by atoms with Gasteiger partial charge in [-0.25, -0.2) is 4.98 Å². The molecule has 0 aliphatic carbocycles. The van der Waals surface area contributed by atoms with E-state index in [4.69, 9.17) is 19.6 Å². The van der Waals surface area contributed by atoms with E-state index in [1.54, 1.807) is 30.5 Å². The molecule has 4 heteroatoms. The predicted molar refractivity (Wildman–Crippen MR) is 225 cm³/mol. The number of pyridine rings is 1. The quantitative estimate of drug-likeness (QED) is 0.179. The summed E-state index contributed by atoms with van der Waals surface area (Å²) >= 11 is 0. The highest BCUT2D eigenvalue weighted by molar-refractivity contribution is 5.97. The highest BCUT2D eigenvalue weighted by Crippen LogP contribution is 2.41. The van der Waals surface area contributed by atoms with Crippen LogP contribution in [0.1, 0.15) is 68.2 Å². The largest absolute Gasteiger partial charge is 0.507 e. The molecule has 0 aliphatic heterocycles. The van der Waals surface area contributed by atoms with Crippen LogP contribution in [0.25, 0.3) is 72.7 Å². The van der Waals surface area contributed by atoms with Gasteiger partial charge in [0.2, 0.25) is 0 Å². The molecule has 1 N–H and O–H groups in total. The van der Waals surface area contributed by atoms with E-state index in [2.05, 4.69) is 26.8 Å². The van der Waals surface area contributed by atoms with Gasteiger partial charge in [-0.15, -0.1) is 0 Å². The maximum atomic E-state index is 11.3. The van der Waals surface area contributed by atoms with E-state index in [0.29, 0.717) is 28.2 Å². The van der Waals surface area contributed by atoms with E-state index < -0.39 is 42.5 Å². The Labute approximate surface area is 329 Å². The zero-order valence-corrected chi connectivity index (χ0v) is 30.9. The normalized spacial score (nSPS) is 14.3. The number of para-hydroxylation sites is 2. The van der Waals surface area contributed by atoms with Crippen molar-refractivity contribution < 1.29 is 16.1 Å². The molecule has 0 amide bonds. The molecule has 0 saturated heterocycles. The summed E-state index contributed by atoms with van der Waals surface area (Å²) < 4.78 is 69.3. The van der Waals surface area contributed by atoms with Gasteiger partial charge in [0.1, 0.15) is 11.6 Å². The first-order valence-corrected chi connectivity index (χ1v) is 18.0. The summed E-state index contributed by atoms with van der Waals surface area (Å²) in [5, 5.41) is 11.3. The number of imidazole rings is 1. The Balaban J connectivity index is 1.35. The minimum absolute atomic E-state index is 0.00962. The zero-order chi connectivity index (χ0) is 44.5. The van der Waals surface area contributed by atoms with Gasteiger partial charge in [-0.2, -0.15) is 0 Å². The molecule has 8 aromatic rings. The number of hydrogen-bond acceptors (Lipinski definition) is 3.